The molecule has 0 radical (unpaired) electrons. The van der Waals surface area contributed by atoms with Crippen LogP contribution in [0.15, 0.2) is 6.20 Å². The molecule has 0 amide bonds. The van der Waals surface area contributed by atoms with Gasteiger partial charge in [-0.2, -0.15) is 0 Å². The SMILES string of the molecule is CCC(C)(C)c1cn2c(n1)CN1CCC2CC1. The van der Waals surface area contributed by atoms with E-state index in [4.69, 9.17) is 4.98 Å². The third kappa shape index (κ3) is 1.81. The molecule has 1 saturated heterocycles. The molecular weight excluding hydrogens is 210 g/mol. The summed E-state index contributed by atoms with van der Waals surface area (Å²) >= 11 is 0. The van der Waals surface area contributed by atoms with Gasteiger partial charge in [0.25, 0.3) is 0 Å². The Morgan fingerprint density at radius 3 is 2.71 bits per heavy atom. The lowest BCUT2D eigenvalue weighted by atomic mass is 9.87. The molecule has 0 aromatic carbocycles. The molecule has 0 atom stereocenters. The fourth-order valence-corrected chi connectivity index (χ4v) is 2.93. The zero-order chi connectivity index (χ0) is 12.0. The summed E-state index contributed by atoms with van der Waals surface area (Å²) in [4.78, 5) is 7.46. The van der Waals surface area contributed by atoms with Crippen molar-refractivity contribution in [2.75, 3.05) is 13.1 Å². The molecule has 4 rings (SSSR count). The van der Waals surface area contributed by atoms with Gasteiger partial charge in [0.1, 0.15) is 5.82 Å². The predicted octanol–water partition coefficient (Wildman–Crippen LogP) is 2.72. The van der Waals surface area contributed by atoms with Crippen LogP contribution in [0.3, 0.4) is 0 Å². The highest BCUT2D eigenvalue weighted by molar-refractivity contribution is 5.16. The van der Waals surface area contributed by atoms with Crippen molar-refractivity contribution >= 4 is 0 Å². The summed E-state index contributed by atoms with van der Waals surface area (Å²) in [6, 6.07) is 0.706. The van der Waals surface area contributed by atoms with Crippen LogP contribution in [-0.2, 0) is 12.0 Å². The second-order valence-electron chi connectivity index (χ2n) is 6.19. The Morgan fingerprint density at radius 2 is 2.06 bits per heavy atom. The second kappa shape index (κ2) is 3.84. The molecule has 17 heavy (non-hydrogen) atoms. The summed E-state index contributed by atoms with van der Waals surface area (Å²) < 4.78 is 2.47. The highest BCUT2D eigenvalue weighted by atomic mass is 15.2. The molecule has 4 heterocycles. The second-order valence-corrected chi connectivity index (χ2v) is 6.19. The van der Waals surface area contributed by atoms with E-state index in [1.807, 2.05) is 0 Å². The zero-order valence-electron chi connectivity index (χ0n) is 11.2. The molecule has 0 N–H and O–H groups in total. The summed E-state index contributed by atoms with van der Waals surface area (Å²) in [5.74, 6) is 1.29. The van der Waals surface area contributed by atoms with Gasteiger partial charge in [0.15, 0.2) is 0 Å². The molecule has 1 fully saturated rings. The van der Waals surface area contributed by atoms with Crippen LogP contribution in [0.4, 0.5) is 0 Å². The maximum atomic E-state index is 4.92. The largest absolute Gasteiger partial charge is 0.330 e. The van der Waals surface area contributed by atoms with E-state index < -0.39 is 0 Å². The van der Waals surface area contributed by atoms with Crippen molar-refractivity contribution in [3.63, 3.8) is 0 Å². The van der Waals surface area contributed by atoms with Crippen molar-refractivity contribution in [3.8, 4) is 0 Å². The number of hydrogen-bond acceptors (Lipinski definition) is 2. The van der Waals surface area contributed by atoms with Gasteiger partial charge in [0, 0.05) is 30.7 Å². The lowest BCUT2D eigenvalue weighted by Gasteiger charge is -2.27. The average Bonchev–Trinajstić information content (AvgIpc) is 2.62. The lowest BCUT2D eigenvalue weighted by Crippen LogP contribution is -2.29. The van der Waals surface area contributed by atoms with Gasteiger partial charge in [-0.15, -0.1) is 0 Å². The molecule has 0 saturated carbocycles. The van der Waals surface area contributed by atoms with Gasteiger partial charge in [-0.1, -0.05) is 20.8 Å². The molecule has 0 unspecified atom stereocenters. The smallest absolute Gasteiger partial charge is 0.123 e. The summed E-state index contributed by atoms with van der Waals surface area (Å²) in [5, 5.41) is 0. The van der Waals surface area contributed by atoms with Crippen LogP contribution >= 0.6 is 0 Å². The van der Waals surface area contributed by atoms with Crippen LogP contribution < -0.4 is 0 Å². The zero-order valence-corrected chi connectivity index (χ0v) is 11.2. The van der Waals surface area contributed by atoms with Crippen LogP contribution in [0.25, 0.3) is 0 Å². The van der Waals surface area contributed by atoms with Crippen molar-refractivity contribution in [1.29, 1.82) is 0 Å². The van der Waals surface area contributed by atoms with E-state index in [1.165, 1.54) is 37.4 Å². The summed E-state index contributed by atoms with van der Waals surface area (Å²) in [6.45, 7) is 10.4. The molecular formula is C14H23N3. The first kappa shape index (κ1) is 11.3. The van der Waals surface area contributed by atoms with E-state index in [-0.39, 0.29) is 5.41 Å². The van der Waals surface area contributed by atoms with E-state index in [9.17, 15) is 0 Å². The van der Waals surface area contributed by atoms with Gasteiger partial charge < -0.3 is 4.57 Å². The number of nitrogens with zero attached hydrogens (tertiary/aromatic N) is 3. The first-order valence-corrected chi connectivity index (χ1v) is 6.91. The van der Waals surface area contributed by atoms with Crippen LogP contribution in [-0.4, -0.2) is 27.5 Å². The van der Waals surface area contributed by atoms with E-state index in [0.29, 0.717) is 6.04 Å². The van der Waals surface area contributed by atoms with Gasteiger partial charge >= 0.3 is 0 Å². The van der Waals surface area contributed by atoms with Gasteiger partial charge in [-0.3, -0.25) is 4.90 Å². The van der Waals surface area contributed by atoms with Crippen molar-refractivity contribution in [3.05, 3.63) is 17.7 Å². The molecule has 1 aromatic rings. The Bertz CT molecular complexity index is 411. The Kier molecular flexibility index (Phi) is 2.54. The number of rotatable bonds is 2. The standard InChI is InChI=1S/C14H23N3/c1-4-14(2,3)12-9-17-11-5-7-16(8-6-11)10-13(17)15-12/h9,11H,4-8,10H2,1-3H3. The fourth-order valence-electron chi connectivity index (χ4n) is 2.93. The minimum absolute atomic E-state index is 0.216. The van der Waals surface area contributed by atoms with E-state index in [1.54, 1.807) is 0 Å². The highest BCUT2D eigenvalue weighted by Crippen LogP contribution is 2.33. The summed E-state index contributed by atoms with van der Waals surface area (Å²) in [6.07, 6.45) is 6.08. The molecule has 0 aliphatic carbocycles. The normalized spacial score (nSPS) is 27.9. The molecule has 3 heteroatoms. The molecule has 1 aromatic heterocycles. The number of piperidine rings is 1. The van der Waals surface area contributed by atoms with E-state index in [0.717, 1.165) is 13.0 Å². The van der Waals surface area contributed by atoms with Crippen molar-refractivity contribution < 1.29 is 0 Å². The number of aromatic nitrogens is 2. The summed E-state index contributed by atoms with van der Waals surface area (Å²) in [7, 11) is 0. The van der Waals surface area contributed by atoms with Crippen LogP contribution in [0.5, 0.6) is 0 Å². The highest BCUT2D eigenvalue weighted by Gasteiger charge is 2.31. The number of fused-ring (bicyclic) bond motifs is 2. The third-order valence-corrected chi connectivity index (χ3v) is 4.70. The molecule has 3 nitrogen and oxygen atoms in total. The van der Waals surface area contributed by atoms with Crippen molar-refractivity contribution in [1.82, 2.24) is 14.5 Å². The minimum Gasteiger partial charge on any atom is -0.330 e. The van der Waals surface area contributed by atoms with Crippen LogP contribution in [0.2, 0.25) is 0 Å². The molecule has 2 bridgehead atoms. The van der Waals surface area contributed by atoms with E-state index >= 15 is 0 Å². The van der Waals surface area contributed by atoms with Crippen LogP contribution in [0.1, 0.15) is 57.6 Å². The van der Waals surface area contributed by atoms with Crippen LogP contribution in [0, 0.1) is 0 Å². The number of hydrogen-bond donors (Lipinski definition) is 0. The van der Waals surface area contributed by atoms with Gasteiger partial charge in [-0.05, 0) is 19.3 Å². The Hall–Kier alpha value is -0.830. The van der Waals surface area contributed by atoms with Gasteiger partial charge in [0.05, 0.1) is 12.2 Å². The Balaban J connectivity index is 1.99. The summed E-state index contributed by atoms with van der Waals surface area (Å²) in [5.41, 5.74) is 1.50. The topological polar surface area (TPSA) is 21.1 Å². The maximum absolute atomic E-state index is 4.92. The monoisotopic (exact) mass is 233 g/mol. The predicted molar refractivity (Wildman–Crippen MR) is 69.1 cm³/mol. The quantitative estimate of drug-likeness (QED) is 0.783. The van der Waals surface area contributed by atoms with E-state index in [2.05, 4.69) is 36.4 Å². The van der Waals surface area contributed by atoms with Gasteiger partial charge in [0.2, 0.25) is 0 Å². The maximum Gasteiger partial charge on any atom is 0.123 e. The third-order valence-electron chi connectivity index (χ3n) is 4.70. The van der Waals surface area contributed by atoms with Gasteiger partial charge in [-0.25, -0.2) is 4.98 Å². The Morgan fingerprint density at radius 1 is 1.35 bits per heavy atom. The molecule has 3 aliphatic rings. The molecule has 94 valence electrons. The first-order valence-electron chi connectivity index (χ1n) is 6.91. The molecule has 3 aliphatic heterocycles. The number of imidazole rings is 1. The minimum atomic E-state index is 0.216. The molecule has 0 spiro atoms. The van der Waals surface area contributed by atoms with Crippen molar-refractivity contribution in [2.24, 2.45) is 0 Å². The Labute approximate surface area is 104 Å². The van der Waals surface area contributed by atoms with Crippen molar-refractivity contribution in [2.45, 2.75) is 58.0 Å². The average molecular weight is 233 g/mol. The lowest BCUT2D eigenvalue weighted by molar-refractivity contribution is 0.208. The first-order chi connectivity index (χ1) is 8.10. The fraction of sp³-hybridized carbons (Fsp3) is 0.786.